The van der Waals surface area contributed by atoms with Gasteiger partial charge in [0.25, 0.3) is 5.91 Å². The Kier molecular flexibility index (Phi) is 4.31. The number of nitrogens with two attached hydrogens (primary N) is 1. The van der Waals surface area contributed by atoms with Crippen LogP contribution in [0.25, 0.3) is 16.8 Å². The van der Waals surface area contributed by atoms with E-state index in [1.54, 1.807) is 23.0 Å². The number of nitrogens with zero attached hydrogens (tertiary/aromatic N) is 4. The topological polar surface area (TPSA) is 107 Å². The molecule has 0 aliphatic heterocycles. The highest BCUT2D eigenvalue weighted by molar-refractivity contribution is 5.98. The van der Waals surface area contributed by atoms with E-state index < -0.39 is 0 Å². The summed E-state index contributed by atoms with van der Waals surface area (Å²) in [6.45, 7) is 0. The number of aromatic nitrogens is 4. The van der Waals surface area contributed by atoms with E-state index in [9.17, 15) is 4.79 Å². The molecule has 1 fully saturated rings. The highest BCUT2D eigenvalue weighted by Gasteiger charge is 2.39. The molecule has 0 radical (unpaired) electrons. The molecule has 0 saturated heterocycles. The minimum atomic E-state index is -0.197. The summed E-state index contributed by atoms with van der Waals surface area (Å²) in [4.78, 5) is 21.5. The van der Waals surface area contributed by atoms with Crippen LogP contribution in [-0.2, 0) is 0 Å². The van der Waals surface area contributed by atoms with Crippen LogP contribution < -0.4 is 15.8 Å². The molecule has 1 aliphatic carbocycles. The fraction of sp³-hybridized carbons (Fsp3) is 0.182. The minimum absolute atomic E-state index is 0.114. The second-order valence-corrected chi connectivity index (χ2v) is 7.30. The SMILES string of the molecule is COc1ncc(-c2ccn3nc(N)nc3c2)cc1C(=O)N[C@H]1C[C@@H]1c1ccccc1. The Morgan fingerprint density at radius 3 is 2.83 bits per heavy atom. The van der Waals surface area contributed by atoms with Crippen molar-refractivity contribution < 1.29 is 9.53 Å². The van der Waals surface area contributed by atoms with Crippen molar-refractivity contribution in [3.05, 3.63) is 72.1 Å². The molecule has 1 aliphatic rings. The van der Waals surface area contributed by atoms with Crippen LogP contribution in [-0.4, -0.2) is 38.6 Å². The molecule has 2 atom stereocenters. The molecule has 30 heavy (non-hydrogen) atoms. The van der Waals surface area contributed by atoms with Gasteiger partial charge in [0.15, 0.2) is 5.65 Å². The third-order valence-corrected chi connectivity index (χ3v) is 5.31. The number of anilines is 1. The molecule has 0 unspecified atom stereocenters. The number of methoxy groups -OCH3 is 1. The van der Waals surface area contributed by atoms with Crippen LogP contribution in [0.1, 0.15) is 28.3 Å². The Morgan fingerprint density at radius 2 is 2.03 bits per heavy atom. The van der Waals surface area contributed by atoms with Crippen molar-refractivity contribution in [1.82, 2.24) is 24.9 Å². The number of amides is 1. The van der Waals surface area contributed by atoms with Crippen molar-refractivity contribution in [2.75, 3.05) is 12.8 Å². The van der Waals surface area contributed by atoms with E-state index >= 15 is 0 Å². The highest BCUT2D eigenvalue weighted by atomic mass is 16.5. The zero-order valence-electron chi connectivity index (χ0n) is 16.3. The fourth-order valence-corrected chi connectivity index (χ4v) is 3.68. The summed E-state index contributed by atoms with van der Waals surface area (Å²) in [6.07, 6.45) is 4.37. The molecule has 150 valence electrons. The van der Waals surface area contributed by atoms with Gasteiger partial charge in [-0.05, 0) is 35.7 Å². The van der Waals surface area contributed by atoms with Gasteiger partial charge >= 0.3 is 0 Å². The highest BCUT2D eigenvalue weighted by Crippen LogP contribution is 2.41. The monoisotopic (exact) mass is 400 g/mol. The van der Waals surface area contributed by atoms with Gasteiger partial charge in [-0.25, -0.2) is 9.50 Å². The number of benzene rings is 1. The quantitative estimate of drug-likeness (QED) is 0.533. The number of nitrogen functional groups attached to an aromatic ring is 1. The largest absolute Gasteiger partial charge is 0.480 e. The number of ether oxygens (including phenoxy) is 1. The molecule has 5 rings (SSSR count). The van der Waals surface area contributed by atoms with Gasteiger partial charge in [-0.15, -0.1) is 5.10 Å². The van der Waals surface area contributed by atoms with Gasteiger partial charge in [-0.1, -0.05) is 30.3 Å². The van der Waals surface area contributed by atoms with Crippen LogP contribution in [0.2, 0.25) is 0 Å². The van der Waals surface area contributed by atoms with Crippen molar-refractivity contribution in [2.45, 2.75) is 18.4 Å². The molecule has 1 aromatic carbocycles. The van der Waals surface area contributed by atoms with Gasteiger partial charge in [-0.3, -0.25) is 4.79 Å². The predicted molar refractivity (Wildman–Crippen MR) is 112 cm³/mol. The Balaban J connectivity index is 1.40. The standard InChI is InChI=1S/C22H20N6O2/c1-30-21-17(20(29)25-18-11-16(18)13-5-3-2-4-6-13)9-15(12-24-21)14-7-8-28-19(10-14)26-22(23)27-28/h2-10,12,16,18H,11H2,1H3,(H2,23,27)(H,25,29)/t16-,18+/m1/s1. The molecule has 4 aromatic rings. The number of carbonyl (C=O) groups excluding carboxylic acids is 1. The first-order chi connectivity index (χ1) is 14.6. The summed E-state index contributed by atoms with van der Waals surface area (Å²) in [7, 11) is 1.51. The molecule has 0 bridgehead atoms. The molecule has 3 aromatic heterocycles. The fourth-order valence-electron chi connectivity index (χ4n) is 3.68. The van der Waals surface area contributed by atoms with Crippen molar-refractivity contribution in [2.24, 2.45) is 0 Å². The zero-order valence-corrected chi connectivity index (χ0v) is 16.3. The Bertz CT molecular complexity index is 1240. The van der Waals surface area contributed by atoms with Crippen LogP contribution in [0.4, 0.5) is 5.95 Å². The molecule has 3 heterocycles. The van der Waals surface area contributed by atoms with E-state index in [4.69, 9.17) is 10.5 Å². The molecule has 8 nitrogen and oxygen atoms in total. The third-order valence-electron chi connectivity index (χ3n) is 5.31. The Morgan fingerprint density at radius 1 is 1.20 bits per heavy atom. The molecule has 0 spiro atoms. The van der Waals surface area contributed by atoms with Crippen molar-refractivity contribution in [3.63, 3.8) is 0 Å². The number of nitrogens with one attached hydrogen (secondary N) is 1. The average molecular weight is 400 g/mol. The van der Waals surface area contributed by atoms with Crippen LogP contribution in [0.3, 0.4) is 0 Å². The number of hydrogen-bond acceptors (Lipinski definition) is 6. The maximum atomic E-state index is 13.0. The normalized spacial score (nSPS) is 17.6. The second-order valence-electron chi connectivity index (χ2n) is 7.30. The summed E-state index contributed by atoms with van der Waals surface area (Å²) in [6, 6.07) is 15.8. The number of rotatable bonds is 5. The number of hydrogen-bond donors (Lipinski definition) is 2. The second kappa shape index (κ2) is 7.14. The van der Waals surface area contributed by atoms with Gasteiger partial charge < -0.3 is 15.8 Å². The molecule has 1 saturated carbocycles. The van der Waals surface area contributed by atoms with Gasteiger partial charge in [0.05, 0.1) is 7.11 Å². The summed E-state index contributed by atoms with van der Waals surface area (Å²) in [5.41, 5.74) is 9.55. The number of fused-ring (bicyclic) bond motifs is 1. The summed E-state index contributed by atoms with van der Waals surface area (Å²) in [5.74, 6) is 0.647. The molecule has 1 amide bonds. The van der Waals surface area contributed by atoms with E-state index in [0.717, 1.165) is 17.5 Å². The molecular formula is C22H20N6O2. The number of pyridine rings is 2. The van der Waals surface area contributed by atoms with Gasteiger partial charge in [0.2, 0.25) is 11.8 Å². The van der Waals surface area contributed by atoms with Crippen LogP contribution >= 0.6 is 0 Å². The maximum absolute atomic E-state index is 13.0. The van der Waals surface area contributed by atoms with Crippen LogP contribution in [0.5, 0.6) is 5.88 Å². The van der Waals surface area contributed by atoms with Crippen LogP contribution in [0.15, 0.2) is 60.9 Å². The first-order valence-corrected chi connectivity index (χ1v) is 9.64. The van der Waals surface area contributed by atoms with Crippen molar-refractivity contribution in [1.29, 1.82) is 0 Å². The summed E-state index contributed by atoms with van der Waals surface area (Å²) in [5, 5.41) is 7.18. The van der Waals surface area contributed by atoms with E-state index in [-0.39, 0.29) is 17.9 Å². The smallest absolute Gasteiger partial charge is 0.257 e. The maximum Gasteiger partial charge on any atom is 0.257 e. The van der Waals surface area contributed by atoms with Gasteiger partial charge in [-0.2, -0.15) is 4.98 Å². The first-order valence-electron chi connectivity index (χ1n) is 9.64. The van der Waals surface area contributed by atoms with Gasteiger partial charge in [0.1, 0.15) is 5.56 Å². The third kappa shape index (κ3) is 3.32. The van der Waals surface area contributed by atoms with Crippen molar-refractivity contribution in [3.8, 4) is 17.0 Å². The molecule has 8 heteroatoms. The Labute approximate surface area is 172 Å². The minimum Gasteiger partial charge on any atom is -0.480 e. The predicted octanol–water partition coefficient (Wildman–Crippen LogP) is 2.67. The zero-order chi connectivity index (χ0) is 20.7. The Hall–Kier alpha value is -3.94. The van der Waals surface area contributed by atoms with Crippen LogP contribution in [0, 0.1) is 0 Å². The van der Waals surface area contributed by atoms with Crippen molar-refractivity contribution >= 4 is 17.5 Å². The lowest BCUT2D eigenvalue weighted by Crippen LogP contribution is -2.27. The lowest BCUT2D eigenvalue weighted by Gasteiger charge is -2.11. The summed E-state index contributed by atoms with van der Waals surface area (Å²) < 4.78 is 6.93. The number of carbonyl (C=O) groups is 1. The van der Waals surface area contributed by atoms with E-state index in [1.807, 2.05) is 30.3 Å². The van der Waals surface area contributed by atoms with Gasteiger partial charge in [0, 0.05) is 29.9 Å². The van der Waals surface area contributed by atoms with E-state index in [2.05, 4.69) is 32.5 Å². The average Bonchev–Trinajstić information content (AvgIpc) is 3.43. The lowest BCUT2D eigenvalue weighted by atomic mass is 10.1. The first kappa shape index (κ1) is 18.1. The van der Waals surface area contributed by atoms with E-state index in [1.165, 1.54) is 12.7 Å². The molecule has 3 N–H and O–H groups in total. The van der Waals surface area contributed by atoms with E-state index in [0.29, 0.717) is 23.0 Å². The molecular weight excluding hydrogens is 380 g/mol. The summed E-state index contributed by atoms with van der Waals surface area (Å²) >= 11 is 0. The lowest BCUT2D eigenvalue weighted by molar-refractivity contribution is 0.0946.